The lowest BCUT2D eigenvalue weighted by molar-refractivity contribution is 0.102. The third kappa shape index (κ3) is 3.42. The van der Waals surface area contributed by atoms with Gasteiger partial charge in [-0.25, -0.2) is 4.98 Å². The van der Waals surface area contributed by atoms with E-state index in [4.69, 9.17) is 21.1 Å². The topological polar surface area (TPSA) is 64.9 Å². The summed E-state index contributed by atoms with van der Waals surface area (Å²) < 4.78 is 12.2. The Morgan fingerprint density at radius 1 is 1.14 bits per heavy atom. The van der Waals surface area contributed by atoms with E-state index in [1.807, 2.05) is 30.5 Å². The van der Waals surface area contributed by atoms with E-state index in [1.54, 1.807) is 42.2 Å². The lowest BCUT2D eigenvalue weighted by Gasteiger charge is -2.10. The number of aromatic nitrogens is 2. The van der Waals surface area contributed by atoms with Crippen molar-refractivity contribution in [3.8, 4) is 22.8 Å². The molecule has 0 fully saturated rings. The van der Waals surface area contributed by atoms with Crippen LogP contribution in [0.25, 0.3) is 16.2 Å². The van der Waals surface area contributed by atoms with Gasteiger partial charge in [-0.3, -0.25) is 9.20 Å². The number of imidazole rings is 1. The molecule has 4 aromatic rings. The fraction of sp³-hybridized carbons (Fsp3) is 0.100. The van der Waals surface area contributed by atoms with Crippen LogP contribution in [0.1, 0.15) is 10.5 Å². The van der Waals surface area contributed by atoms with Crippen LogP contribution in [0.4, 0.5) is 5.69 Å². The molecule has 8 heteroatoms. The number of hydrogen-bond acceptors (Lipinski definition) is 5. The normalized spacial score (nSPS) is 10.8. The molecule has 0 bridgehead atoms. The van der Waals surface area contributed by atoms with Crippen LogP contribution < -0.4 is 14.8 Å². The zero-order valence-electron chi connectivity index (χ0n) is 15.1. The Kier molecular flexibility index (Phi) is 4.93. The molecule has 1 amide bonds. The Labute approximate surface area is 170 Å². The fourth-order valence-corrected chi connectivity index (χ4v) is 3.84. The summed E-state index contributed by atoms with van der Waals surface area (Å²) in [6, 6.07) is 12.7. The van der Waals surface area contributed by atoms with E-state index in [9.17, 15) is 4.79 Å². The standard InChI is InChI=1S/C20H16ClN3O3S/c1-26-14-6-3-12(4-7-14)16-10-24-17(11-28-20(24)23-16)19(25)22-15-9-13(21)5-8-18(15)27-2/h3-11H,1-2H3,(H,22,25). The van der Waals surface area contributed by atoms with Gasteiger partial charge < -0.3 is 14.8 Å². The second-order valence-electron chi connectivity index (χ2n) is 5.93. The van der Waals surface area contributed by atoms with Crippen molar-refractivity contribution < 1.29 is 14.3 Å². The van der Waals surface area contributed by atoms with E-state index in [-0.39, 0.29) is 5.91 Å². The van der Waals surface area contributed by atoms with E-state index in [2.05, 4.69) is 10.3 Å². The van der Waals surface area contributed by atoms with Gasteiger partial charge in [0.2, 0.25) is 0 Å². The molecule has 0 saturated carbocycles. The molecule has 2 aromatic carbocycles. The number of nitrogens with zero attached hydrogens (tertiary/aromatic N) is 2. The van der Waals surface area contributed by atoms with Crippen molar-refractivity contribution in [2.24, 2.45) is 0 Å². The molecule has 28 heavy (non-hydrogen) atoms. The summed E-state index contributed by atoms with van der Waals surface area (Å²) >= 11 is 7.44. The molecular weight excluding hydrogens is 398 g/mol. The van der Waals surface area contributed by atoms with Crippen LogP contribution in [-0.2, 0) is 0 Å². The highest BCUT2D eigenvalue weighted by Gasteiger charge is 2.17. The minimum absolute atomic E-state index is 0.273. The second kappa shape index (κ2) is 7.53. The summed E-state index contributed by atoms with van der Waals surface area (Å²) in [4.78, 5) is 18.2. The highest BCUT2D eigenvalue weighted by molar-refractivity contribution is 7.15. The summed E-state index contributed by atoms with van der Waals surface area (Å²) in [5, 5.41) is 5.13. The van der Waals surface area contributed by atoms with E-state index < -0.39 is 0 Å². The molecule has 0 unspecified atom stereocenters. The molecule has 0 aliphatic rings. The first-order valence-corrected chi connectivity index (χ1v) is 9.60. The highest BCUT2D eigenvalue weighted by atomic mass is 35.5. The number of ether oxygens (including phenoxy) is 2. The van der Waals surface area contributed by atoms with Crippen molar-refractivity contribution >= 4 is 39.5 Å². The van der Waals surface area contributed by atoms with Crippen LogP contribution in [0.2, 0.25) is 5.02 Å². The number of rotatable bonds is 5. The van der Waals surface area contributed by atoms with Gasteiger partial charge in [0.25, 0.3) is 5.91 Å². The van der Waals surface area contributed by atoms with Crippen LogP contribution in [0.15, 0.2) is 54.0 Å². The lowest BCUT2D eigenvalue weighted by Crippen LogP contribution is -2.14. The smallest absolute Gasteiger partial charge is 0.273 e. The van der Waals surface area contributed by atoms with Crippen molar-refractivity contribution in [3.63, 3.8) is 0 Å². The van der Waals surface area contributed by atoms with Gasteiger partial charge in [0.1, 0.15) is 17.2 Å². The maximum atomic E-state index is 12.8. The van der Waals surface area contributed by atoms with E-state index >= 15 is 0 Å². The number of benzene rings is 2. The average molecular weight is 414 g/mol. The van der Waals surface area contributed by atoms with Gasteiger partial charge in [-0.2, -0.15) is 0 Å². The first-order chi connectivity index (χ1) is 13.6. The SMILES string of the molecule is COc1ccc(-c2cn3c(C(=O)Nc4cc(Cl)ccc4OC)csc3n2)cc1. The summed E-state index contributed by atoms with van der Waals surface area (Å²) in [7, 11) is 3.17. The van der Waals surface area contributed by atoms with Crippen LogP contribution >= 0.6 is 22.9 Å². The molecule has 6 nitrogen and oxygen atoms in total. The number of thiazole rings is 1. The van der Waals surface area contributed by atoms with Gasteiger partial charge in [0, 0.05) is 22.2 Å². The van der Waals surface area contributed by atoms with Gasteiger partial charge in [0.15, 0.2) is 4.96 Å². The summed E-state index contributed by atoms with van der Waals surface area (Å²) in [6.07, 6.45) is 1.85. The summed E-state index contributed by atoms with van der Waals surface area (Å²) in [6.45, 7) is 0. The second-order valence-corrected chi connectivity index (χ2v) is 7.20. The number of carbonyl (C=O) groups excluding carboxylic acids is 1. The Morgan fingerprint density at radius 2 is 1.93 bits per heavy atom. The molecule has 1 N–H and O–H groups in total. The molecule has 4 rings (SSSR count). The predicted molar refractivity (Wildman–Crippen MR) is 111 cm³/mol. The van der Waals surface area contributed by atoms with Crippen molar-refractivity contribution in [2.45, 2.75) is 0 Å². The Hall–Kier alpha value is -3.03. The minimum Gasteiger partial charge on any atom is -0.497 e. The average Bonchev–Trinajstić information content (AvgIpc) is 3.29. The molecular formula is C20H16ClN3O3S. The van der Waals surface area contributed by atoms with Gasteiger partial charge in [-0.15, -0.1) is 11.3 Å². The number of amides is 1. The molecule has 142 valence electrons. The maximum absolute atomic E-state index is 12.8. The molecule has 2 aromatic heterocycles. The molecule has 0 atom stereocenters. The number of halogens is 1. The van der Waals surface area contributed by atoms with Crippen LogP contribution in [-0.4, -0.2) is 29.5 Å². The Balaban J connectivity index is 1.65. The third-order valence-electron chi connectivity index (χ3n) is 4.24. The van der Waals surface area contributed by atoms with Crippen molar-refractivity contribution in [1.82, 2.24) is 9.38 Å². The summed E-state index contributed by atoms with van der Waals surface area (Å²) in [5.41, 5.74) is 2.72. The van der Waals surface area contributed by atoms with E-state index in [1.165, 1.54) is 11.3 Å². The number of fused-ring (bicyclic) bond motifs is 1. The summed E-state index contributed by atoms with van der Waals surface area (Å²) in [5.74, 6) is 1.04. The molecule has 0 aliphatic carbocycles. The molecule has 0 saturated heterocycles. The van der Waals surface area contributed by atoms with Gasteiger partial charge in [0.05, 0.1) is 25.6 Å². The van der Waals surface area contributed by atoms with E-state index in [0.29, 0.717) is 22.2 Å². The molecule has 0 radical (unpaired) electrons. The van der Waals surface area contributed by atoms with Crippen molar-refractivity contribution in [2.75, 3.05) is 19.5 Å². The molecule has 0 aliphatic heterocycles. The van der Waals surface area contributed by atoms with Crippen LogP contribution in [0.3, 0.4) is 0 Å². The number of methoxy groups -OCH3 is 2. The zero-order valence-corrected chi connectivity index (χ0v) is 16.7. The number of nitrogens with one attached hydrogen (secondary N) is 1. The fourth-order valence-electron chi connectivity index (χ4n) is 2.81. The first kappa shape index (κ1) is 18.3. The first-order valence-electron chi connectivity index (χ1n) is 8.35. The largest absolute Gasteiger partial charge is 0.497 e. The molecule has 0 spiro atoms. The monoisotopic (exact) mass is 413 g/mol. The Morgan fingerprint density at radius 3 is 2.64 bits per heavy atom. The third-order valence-corrected chi connectivity index (χ3v) is 5.31. The minimum atomic E-state index is -0.273. The number of anilines is 1. The highest BCUT2D eigenvalue weighted by Crippen LogP contribution is 2.29. The molecule has 2 heterocycles. The maximum Gasteiger partial charge on any atom is 0.273 e. The van der Waals surface area contributed by atoms with E-state index in [0.717, 1.165) is 22.0 Å². The quantitative estimate of drug-likeness (QED) is 0.500. The van der Waals surface area contributed by atoms with Crippen LogP contribution in [0.5, 0.6) is 11.5 Å². The Bertz CT molecular complexity index is 1150. The van der Waals surface area contributed by atoms with Gasteiger partial charge >= 0.3 is 0 Å². The zero-order chi connectivity index (χ0) is 19.7. The van der Waals surface area contributed by atoms with Gasteiger partial charge in [-0.1, -0.05) is 11.6 Å². The lowest BCUT2D eigenvalue weighted by atomic mass is 10.2. The number of carbonyl (C=O) groups is 1. The number of hydrogen-bond donors (Lipinski definition) is 1. The van der Waals surface area contributed by atoms with Gasteiger partial charge in [-0.05, 0) is 42.5 Å². The van der Waals surface area contributed by atoms with Crippen molar-refractivity contribution in [1.29, 1.82) is 0 Å². The van der Waals surface area contributed by atoms with Crippen LogP contribution in [0, 0.1) is 0 Å². The van der Waals surface area contributed by atoms with Crippen molar-refractivity contribution in [3.05, 3.63) is 64.8 Å². The predicted octanol–water partition coefficient (Wildman–Crippen LogP) is 4.99.